The average Bonchev–Trinajstić information content (AvgIpc) is 2.85. The van der Waals surface area contributed by atoms with E-state index in [-0.39, 0.29) is 5.91 Å². The van der Waals surface area contributed by atoms with E-state index >= 15 is 0 Å². The van der Waals surface area contributed by atoms with Crippen molar-refractivity contribution in [2.24, 2.45) is 0 Å². The molecule has 1 heterocycles. The van der Waals surface area contributed by atoms with Gasteiger partial charge in [0.15, 0.2) is 0 Å². The fourth-order valence-corrected chi connectivity index (χ4v) is 2.59. The van der Waals surface area contributed by atoms with Crippen molar-refractivity contribution in [3.63, 3.8) is 0 Å². The molecule has 1 aromatic carbocycles. The molecule has 1 fully saturated rings. The highest BCUT2D eigenvalue weighted by atomic mass is 35.5. The molecule has 1 amide bonds. The van der Waals surface area contributed by atoms with E-state index in [1.165, 1.54) is 0 Å². The number of carbonyl (C=O) groups excluding carboxylic acids is 1. The van der Waals surface area contributed by atoms with Gasteiger partial charge in [-0.25, -0.2) is 0 Å². The standard InChI is InChI=1S/C14H19ClN2O2/c1-14(7-4-8-17-14)13(18)16-9-10-11(15)5-3-6-12(10)19-2/h3,5-6,17H,4,7-9H2,1-2H3,(H,16,18). The van der Waals surface area contributed by atoms with Crippen molar-refractivity contribution in [1.82, 2.24) is 10.6 Å². The lowest BCUT2D eigenvalue weighted by Gasteiger charge is -2.23. The van der Waals surface area contributed by atoms with Gasteiger partial charge in [0.05, 0.1) is 12.6 Å². The highest BCUT2D eigenvalue weighted by Crippen LogP contribution is 2.26. The van der Waals surface area contributed by atoms with Crippen LogP contribution in [0.1, 0.15) is 25.3 Å². The summed E-state index contributed by atoms with van der Waals surface area (Å²) >= 11 is 6.14. The van der Waals surface area contributed by atoms with Crippen LogP contribution >= 0.6 is 11.6 Å². The van der Waals surface area contributed by atoms with Gasteiger partial charge in [-0.05, 0) is 38.4 Å². The number of halogens is 1. The van der Waals surface area contributed by atoms with Gasteiger partial charge in [-0.3, -0.25) is 4.79 Å². The van der Waals surface area contributed by atoms with Gasteiger partial charge in [-0.1, -0.05) is 17.7 Å². The Bertz CT molecular complexity index is 471. The summed E-state index contributed by atoms with van der Waals surface area (Å²) < 4.78 is 5.26. The lowest BCUT2D eigenvalue weighted by atomic mass is 9.99. The Hall–Kier alpha value is -1.26. The van der Waals surface area contributed by atoms with Gasteiger partial charge in [0, 0.05) is 17.1 Å². The summed E-state index contributed by atoms with van der Waals surface area (Å²) in [4.78, 5) is 12.2. The fourth-order valence-electron chi connectivity index (χ4n) is 2.35. The molecule has 0 bridgehead atoms. The topological polar surface area (TPSA) is 50.4 Å². The third kappa shape index (κ3) is 3.01. The molecule has 1 atom stereocenters. The molecule has 0 aromatic heterocycles. The summed E-state index contributed by atoms with van der Waals surface area (Å²) in [5.41, 5.74) is 0.343. The molecule has 2 N–H and O–H groups in total. The summed E-state index contributed by atoms with van der Waals surface area (Å²) in [6.45, 7) is 3.19. The number of ether oxygens (including phenoxy) is 1. The third-order valence-electron chi connectivity index (χ3n) is 3.59. The minimum atomic E-state index is -0.464. The van der Waals surface area contributed by atoms with Crippen molar-refractivity contribution in [3.8, 4) is 5.75 Å². The minimum absolute atomic E-state index is 0.00646. The van der Waals surface area contributed by atoms with E-state index in [0.29, 0.717) is 17.3 Å². The maximum Gasteiger partial charge on any atom is 0.240 e. The second kappa shape index (κ2) is 5.80. The quantitative estimate of drug-likeness (QED) is 0.889. The van der Waals surface area contributed by atoms with E-state index in [4.69, 9.17) is 16.3 Å². The van der Waals surface area contributed by atoms with Crippen LogP contribution in [0.3, 0.4) is 0 Å². The third-order valence-corrected chi connectivity index (χ3v) is 3.95. The Labute approximate surface area is 118 Å². The van der Waals surface area contributed by atoms with Gasteiger partial charge in [0.25, 0.3) is 0 Å². The number of nitrogens with one attached hydrogen (secondary N) is 2. The van der Waals surface area contributed by atoms with Crippen LogP contribution in [0.15, 0.2) is 18.2 Å². The molecule has 1 aromatic rings. The van der Waals surface area contributed by atoms with E-state index in [0.717, 1.165) is 24.9 Å². The first-order chi connectivity index (χ1) is 9.07. The van der Waals surface area contributed by atoms with Crippen molar-refractivity contribution in [3.05, 3.63) is 28.8 Å². The highest BCUT2D eigenvalue weighted by Gasteiger charge is 2.35. The number of hydrogen-bond acceptors (Lipinski definition) is 3. The molecule has 104 valence electrons. The van der Waals surface area contributed by atoms with Gasteiger partial charge >= 0.3 is 0 Å². The van der Waals surface area contributed by atoms with Crippen LogP contribution in [-0.4, -0.2) is 25.1 Å². The number of benzene rings is 1. The smallest absolute Gasteiger partial charge is 0.240 e. The second-order valence-electron chi connectivity index (χ2n) is 4.97. The molecule has 5 heteroatoms. The van der Waals surface area contributed by atoms with E-state index < -0.39 is 5.54 Å². The molecule has 1 unspecified atom stereocenters. The van der Waals surface area contributed by atoms with Crippen LogP contribution < -0.4 is 15.4 Å². The van der Waals surface area contributed by atoms with Crippen LogP contribution in [0.25, 0.3) is 0 Å². The number of carbonyl (C=O) groups is 1. The monoisotopic (exact) mass is 282 g/mol. The van der Waals surface area contributed by atoms with Gasteiger partial charge in [-0.2, -0.15) is 0 Å². The van der Waals surface area contributed by atoms with E-state index in [2.05, 4.69) is 10.6 Å². The summed E-state index contributed by atoms with van der Waals surface area (Å²) in [6.07, 6.45) is 1.89. The van der Waals surface area contributed by atoms with Crippen molar-refractivity contribution >= 4 is 17.5 Å². The van der Waals surface area contributed by atoms with Gasteiger partial charge in [-0.15, -0.1) is 0 Å². The van der Waals surface area contributed by atoms with Crippen LogP contribution in [-0.2, 0) is 11.3 Å². The summed E-state index contributed by atoms with van der Waals surface area (Å²) in [7, 11) is 1.59. The van der Waals surface area contributed by atoms with Crippen molar-refractivity contribution in [2.45, 2.75) is 31.8 Å². The zero-order valence-corrected chi connectivity index (χ0v) is 12.0. The molecule has 19 heavy (non-hydrogen) atoms. The first-order valence-electron chi connectivity index (χ1n) is 6.41. The first-order valence-corrected chi connectivity index (χ1v) is 6.79. The predicted octanol–water partition coefficient (Wildman–Crippen LogP) is 2.11. The second-order valence-corrected chi connectivity index (χ2v) is 5.37. The molecule has 0 radical (unpaired) electrons. The Kier molecular flexibility index (Phi) is 4.32. The SMILES string of the molecule is COc1cccc(Cl)c1CNC(=O)C1(C)CCCN1. The van der Waals surface area contributed by atoms with E-state index in [1.54, 1.807) is 13.2 Å². The van der Waals surface area contributed by atoms with E-state index in [1.807, 2.05) is 19.1 Å². The van der Waals surface area contributed by atoms with Gasteiger partial charge < -0.3 is 15.4 Å². The molecule has 1 saturated heterocycles. The molecule has 0 aliphatic carbocycles. The Morgan fingerprint density at radius 1 is 1.58 bits per heavy atom. The molecule has 1 aliphatic heterocycles. The molecule has 0 spiro atoms. The number of hydrogen-bond donors (Lipinski definition) is 2. The summed E-state index contributed by atoms with van der Waals surface area (Å²) in [6, 6.07) is 5.45. The molecular formula is C14H19ClN2O2. The molecule has 2 rings (SSSR count). The Morgan fingerprint density at radius 2 is 2.37 bits per heavy atom. The largest absolute Gasteiger partial charge is 0.496 e. The first kappa shape index (κ1) is 14.2. The van der Waals surface area contributed by atoms with Crippen LogP contribution in [0.4, 0.5) is 0 Å². The molecule has 4 nitrogen and oxygen atoms in total. The fraction of sp³-hybridized carbons (Fsp3) is 0.500. The maximum atomic E-state index is 12.2. The number of amides is 1. The van der Waals surface area contributed by atoms with Crippen molar-refractivity contribution < 1.29 is 9.53 Å². The Balaban J connectivity index is 2.05. The number of methoxy groups -OCH3 is 1. The zero-order valence-electron chi connectivity index (χ0n) is 11.3. The van der Waals surface area contributed by atoms with Crippen LogP contribution in [0.5, 0.6) is 5.75 Å². The zero-order chi connectivity index (χ0) is 13.9. The molecular weight excluding hydrogens is 264 g/mol. The predicted molar refractivity (Wildman–Crippen MR) is 75.5 cm³/mol. The van der Waals surface area contributed by atoms with Gasteiger partial charge in [0.2, 0.25) is 5.91 Å². The van der Waals surface area contributed by atoms with E-state index in [9.17, 15) is 4.79 Å². The van der Waals surface area contributed by atoms with Crippen LogP contribution in [0, 0.1) is 0 Å². The Morgan fingerprint density at radius 3 is 3.00 bits per heavy atom. The lowest BCUT2D eigenvalue weighted by molar-refractivity contribution is -0.126. The maximum absolute atomic E-state index is 12.2. The molecule has 1 aliphatic rings. The summed E-state index contributed by atoms with van der Waals surface area (Å²) in [5.74, 6) is 0.698. The summed E-state index contributed by atoms with van der Waals surface area (Å²) in [5, 5.41) is 6.77. The van der Waals surface area contributed by atoms with Crippen LogP contribution in [0.2, 0.25) is 5.02 Å². The number of rotatable bonds is 4. The van der Waals surface area contributed by atoms with Gasteiger partial charge in [0.1, 0.15) is 5.75 Å². The minimum Gasteiger partial charge on any atom is -0.496 e. The average molecular weight is 283 g/mol. The normalized spacial score (nSPS) is 22.3. The van der Waals surface area contributed by atoms with Crippen molar-refractivity contribution in [1.29, 1.82) is 0 Å². The molecule has 0 saturated carbocycles. The lowest BCUT2D eigenvalue weighted by Crippen LogP contribution is -2.50. The van der Waals surface area contributed by atoms with Crippen molar-refractivity contribution in [2.75, 3.05) is 13.7 Å². The highest BCUT2D eigenvalue weighted by molar-refractivity contribution is 6.31.